The monoisotopic (exact) mass is 1620 g/mol. The van der Waals surface area contributed by atoms with Crippen molar-refractivity contribution < 1.29 is 45.3 Å². The number of aryl methyl sites for hydroxylation is 2. The second-order valence-corrected chi connectivity index (χ2v) is 29.3. The molecule has 7 fully saturated rings. The van der Waals surface area contributed by atoms with E-state index in [0.29, 0.717) is 138 Å². The fourth-order valence-electron chi connectivity index (χ4n) is 11.8. The van der Waals surface area contributed by atoms with Crippen LogP contribution < -0.4 is 16.4 Å². The van der Waals surface area contributed by atoms with E-state index in [1.165, 1.54) is 5.57 Å². The van der Waals surface area contributed by atoms with Gasteiger partial charge in [0.25, 0.3) is 0 Å². The number of H-pyrrole nitrogens is 1. The number of rotatable bonds is 8. The highest BCUT2D eigenvalue weighted by molar-refractivity contribution is 14.1. The number of fused-ring (bicyclic) bond motifs is 4. The fourth-order valence-corrected chi connectivity index (χ4v) is 13.4. The molecule has 3 aliphatic carbocycles. The molecule has 4 saturated heterocycles. The van der Waals surface area contributed by atoms with Crippen LogP contribution in [0, 0.1) is 13.8 Å². The standard InChI is InChI=1S/C20H24F2N6O.C15H17ClF2N4O.C9H7Cl2N3O.C6H3Cl2N3.C6H11F2N.C6H9N.C3H5IO.ClH/c1-12-7-13(2)28(26-12)17-8-16-18(23-11-27(16)15-9-29-10-15)19(25-17)24-14-3-5-20(21,22)6-4-14;16-12-5-11-13(19-8-22(11)10-6-23-7-10)14(21-12)20-9-1-3-15(17,18)4-2-9;10-7-1-6-8(9(11)13-7)12-4-14(6)5-2-15-3-5;7-4-1-3-5(6(8)11-4)10-2-9-3;7-6(8)3-1-5(9)2-4-6;1-5-3-6(2)7-4-5;4-3-1-5-2-3;/h7-8,11,14-15H,3-6,9-10H2,1-2H3,(H,24,25);5,8-10H,1-4,6-7H2,(H,20,21);1,4-5H,2-3H2;1-2H,(H,9,10);5H,1-4,9H2;3H,4H2,1-2H3;3H,1-2H2;1H. The number of pyridine rings is 4. The van der Waals surface area contributed by atoms with Gasteiger partial charge < -0.3 is 54.0 Å². The maximum Gasteiger partial charge on any atom is 0.248 e. The Hall–Kier alpha value is -5.45. The summed E-state index contributed by atoms with van der Waals surface area (Å²) in [5.41, 5.74) is 16.2. The molecule has 0 aromatic carbocycles. The highest BCUT2D eigenvalue weighted by atomic mass is 127. The summed E-state index contributed by atoms with van der Waals surface area (Å²) < 4.78 is 108. The molecule has 100 heavy (non-hydrogen) atoms. The summed E-state index contributed by atoms with van der Waals surface area (Å²) in [5.74, 6) is -5.63. The summed E-state index contributed by atoms with van der Waals surface area (Å²) in [5, 5.41) is 13.0. The number of imidazole rings is 4. The van der Waals surface area contributed by atoms with Gasteiger partial charge in [-0.1, -0.05) is 86.2 Å². The van der Waals surface area contributed by atoms with Gasteiger partial charge in [0.1, 0.15) is 37.5 Å². The molecule has 9 aromatic heterocycles. The van der Waals surface area contributed by atoms with Crippen LogP contribution in [0.5, 0.6) is 0 Å². The number of nitrogens with one attached hydrogen (secondary N) is 3. The van der Waals surface area contributed by atoms with Gasteiger partial charge in [0.05, 0.1) is 135 Å². The molecular formula is C65H77Cl6F6IN18O4. The summed E-state index contributed by atoms with van der Waals surface area (Å²) in [7, 11) is 0. The molecule has 9 aromatic rings. The molecule has 5 N–H and O–H groups in total. The molecule has 0 unspecified atom stereocenters. The number of anilines is 2. The lowest BCUT2D eigenvalue weighted by Crippen LogP contribution is -2.32. The van der Waals surface area contributed by atoms with E-state index in [0.717, 1.165) is 73.9 Å². The van der Waals surface area contributed by atoms with Crippen LogP contribution in [-0.4, -0.2) is 173 Å². The molecule has 542 valence electrons. The lowest BCUT2D eigenvalue weighted by molar-refractivity contribution is -0.0378. The number of nitrogens with zero attached hydrogens (tertiary/aromatic N) is 14. The van der Waals surface area contributed by atoms with Crippen molar-refractivity contribution in [2.75, 3.05) is 70.0 Å². The molecule has 5 aliphatic heterocycles. The van der Waals surface area contributed by atoms with Crippen molar-refractivity contribution >= 4 is 154 Å². The van der Waals surface area contributed by atoms with Gasteiger partial charge in [-0.05, 0) is 78.4 Å². The van der Waals surface area contributed by atoms with Crippen molar-refractivity contribution in [1.82, 2.24) is 68.3 Å². The van der Waals surface area contributed by atoms with Gasteiger partial charge in [0, 0.05) is 92.3 Å². The lowest BCUT2D eigenvalue weighted by Gasteiger charge is -2.29. The first kappa shape index (κ1) is 77.2. The Morgan fingerprint density at radius 2 is 0.960 bits per heavy atom. The molecule has 0 atom stereocenters. The molecule has 8 aliphatic rings. The first-order valence-corrected chi connectivity index (χ1v) is 35.7. The van der Waals surface area contributed by atoms with Gasteiger partial charge in [-0.25, -0.2) is 70.9 Å². The number of aromatic nitrogens is 14. The zero-order valence-electron chi connectivity index (χ0n) is 55.1. The Balaban J connectivity index is 0.000000135. The first-order valence-electron chi connectivity index (χ1n) is 32.6. The van der Waals surface area contributed by atoms with Gasteiger partial charge in [-0.2, -0.15) is 5.10 Å². The van der Waals surface area contributed by atoms with E-state index in [9.17, 15) is 26.3 Å². The normalized spacial score (nSPS) is 19.9. The van der Waals surface area contributed by atoms with E-state index in [4.69, 9.17) is 87.7 Å². The number of hydrogen-bond donors (Lipinski definition) is 4. The maximum absolute atomic E-state index is 13.6. The molecule has 17 rings (SSSR count). The minimum atomic E-state index is -2.56. The van der Waals surface area contributed by atoms with Crippen LogP contribution >= 0.6 is 93.0 Å². The van der Waals surface area contributed by atoms with E-state index in [1.54, 1.807) is 37.2 Å². The predicted molar refractivity (Wildman–Crippen MR) is 388 cm³/mol. The molecule has 0 spiro atoms. The van der Waals surface area contributed by atoms with Gasteiger partial charge >= 0.3 is 0 Å². The summed E-state index contributed by atoms with van der Waals surface area (Å²) in [4.78, 5) is 41.1. The van der Waals surface area contributed by atoms with Crippen molar-refractivity contribution in [3.05, 3.63) is 104 Å². The van der Waals surface area contributed by atoms with E-state index >= 15 is 0 Å². The summed E-state index contributed by atoms with van der Waals surface area (Å²) in [6.45, 7) is 15.0. The molecule has 14 heterocycles. The minimum Gasteiger partial charge on any atom is -0.379 e. The third-order valence-electron chi connectivity index (χ3n) is 17.7. The Kier molecular flexibility index (Phi) is 26.2. The minimum absolute atomic E-state index is 0. The molecular weight excluding hydrogens is 1550 g/mol. The molecule has 3 saturated carbocycles. The van der Waals surface area contributed by atoms with Crippen molar-refractivity contribution in [2.24, 2.45) is 10.7 Å². The second kappa shape index (κ2) is 34.0. The zero-order chi connectivity index (χ0) is 70.3. The Bertz CT molecular complexity index is 4280. The summed E-state index contributed by atoms with van der Waals surface area (Å²) >= 11 is 31.7. The largest absolute Gasteiger partial charge is 0.379 e. The highest BCUT2D eigenvalue weighted by Crippen LogP contribution is 2.39. The van der Waals surface area contributed by atoms with Crippen LogP contribution in [0.4, 0.5) is 38.0 Å². The number of alkyl halides is 7. The molecule has 0 bridgehead atoms. The number of hydrogen-bond acceptors (Lipinski definition) is 17. The van der Waals surface area contributed by atoms with E-state index in [1.807, 2.05) is 53.0 Å². The van der Waals surface area contributed by atoms with Crippen LogP contribution in [0.1, 0.15) is 120 Å². The zero-order valence-corrected chi connectivity index (χ0v) is 61.8. The smallest absolute Gasteiger partial charge is 0.248 e. The third-order valence-corrected chi connectivity index (χ3v) is 19.5. The average Bonchev–Trinajstić information content (AvgIpc) is 1.70. The maximum atomic E-state index is 13.6. The summed E-state index contributed by atoms with van der Waals surface area (Å²) in [6.07, 6.45) is 11.2. The van der Waals surface area contributed by atoms with Crippen molar-refractivity contribution in [3.63, 3.8) is 0 Å². The number of aliphatic imine (C=N–C) groups is 1. The Morgan fingerprint density at radius 3 is 1.36 bits per heavy atom. The van der Waals surface area contributed by atoms with Crippen LogP contribution in [0.2, 0.25) is 25.8 Å². The topological polar surface area (TPSA) is 251 Å². The molecule has 35 heteroatoms. The quantitative estimate of drug-likeness (QED) is 0.0478. The lowest BCUT2D eigenvalue weighted by atomic mass is 9.92. The summed E-state index contributed by atoms with van der Waals surface area (Å²) in [6, 6.07) is 10.0. The van der Waals surface area contributed by atoms with E-state index < -0.39 is 17.8 Å². The van der Waals surface area contributed by atoms with Crippen LogP contribution in [0.25, 0.3) is 50.0 Å². The number of nitrogens with two attached hydrogens (primary N) is 1. The fraction of sp³-hybridized carbons (Fsp3) is 0.538. The number of ether oxygens (including phenoxy) is 4. The van der Waals surface area contributed by atoms with E-state index in [-0.39, 0.29) is 81.1 Å². The van der Waals surface area contributed by atoms with Gasteiger partial charge in [0.15, 0.2) is 27.8 Å². The Morgan fingerprint density at radius 1 is 0.540 bits per heavy atom. The Labute approximate surface area is 617 Å². The highest BCUT2D eigenvalue weighted by Gasteiger charge is 2.38. The van der Waals surface area contributed by atoms with Gasteiger partial charge in [0.2, 0.25) is 17.8 Å². The average molecular weight is 1630 g/mol. The third kappa shape index (κ3) is 20.1. The number of halogens is 13. The predicted octanol–water partition coefficient (Wildman–Crippen LogP) is 16.2. The van der Waals surface area contributed by atoms with E-state index in [2.05, 4.69) is 101 Å². The second-order valence-electron chi connectivity index (χ2n) is 25.7. The van der Waals surface area contributed by atoms with Crippen molar-refractivity contribution in [2.45, 2.75) is 163 Å². The molecule has 0 radical (unpaired) electrons. The first-order chi connectivity index (χ1) is 47.2. The van der Waals surface area contributed by atoms with Crippen LogP contribution in [0.15, 0.2) is 72.3 Å². The van der Waals surface area contributed by atoms with Crippen molar-refractivity contribution in [3.8, 4) is 5.82 Å². The van der Waals surface area contributed by atoms with Gasteiger partial charge in [-0.15, -0.1) is 12.4 Å². The molecule has 0 amide bonds. The number of aromatic amines is 1. The van der Waals surface area contributed by atoms with Crippen LogP contribution in [0.3, 0.4) is 0 Å². The SMILES string of the molecule is CC1=CC(C)=NC1.Cc1cc(C)n(-c2cc3c(ncn3C3COC3)c(NC3CCC(F)(F)CC3)n2)n1.Cl.Clc1cc2[nH]cnc2c(Cl)n1.Clc1cc2c(ncn2C2COC2)c(Cl)n1.FC1(F)CCC(Nc2nc(Cl)cc3c2ncn3C2COC2)CC1.IC1COC1.NC1CCC(F)(F)CC1. The van der Waals surface area contributed by atoms with Crippen LogP contribution in [-0.2, 0) is 18.9 Å². The van der Waals surface area contributed by atoms with Gasteiger partial charge in [-0.3, -0.25) is 4.99 Å². The number of allylic oxidation sites excluding steroid dienone is 1. The van der Waals surface area contributed by atoms with Crippen molar-refractivity contribution in [1.29, 1.82) is 0 Å². The molecule has 22 nitrogen and oxygen atoms in total.